The smallest absolute Gasteiger partial charge is 0.309 e. The standard InChI is InChI=1S/C110H211N5O24S6/c1-13-19-25-31-37-43-81-140-87-93(7)105(122)134-75-69-128-99(116)49-57-112(58-50-100(117)129-70-76-135-106(123)94(8)88-141-82-44-38-32-26-20-14-2)65-67-114(61-53-103(120)132-73-79-138-109(126)97(11)91-144-85-47-41-35-29-23-17-5)63-55-111-56-64-115(62-54-104(121)133-74-80-139-110(127)98(12)92-145-86-48-42-36-30-24-18-6)68-66-113(59-51-101(118)130-71-77-136-107(124)95(9)89-142-83-45-39-33-27-21-15-3)60-52-102(119)131-72-78-137-108(125)96(10)90-143-84-46-40-34-28-22-16-4/h93-99,101,103-104,111,116,118,120-121H,13-92H2,1-12H3. The van der Waals surface area contributed by atoms with Gasteiger partial charge in [-0.25, -0.2) is 0 Å². The molecule has 10 unspecified atom stereocenters. The quantitative estimate of drug-likeness (QED) is 0.0163. The van der Waals surface area contributed by atoms with Crippen molar-refractivity contribution in [2.75, 3.05) is 240 Å². The molecule has 856 valence electrons. The number of hydrogen-bond donors (Lipinski definition) is 5. The largest absolute Gasteiger partial charge is 0.463 e. The number of rotatable bonds is 112. The molecule has 0 aromatic rings. The van der Waals surface area contributed by atoms with Crippen LogP contribution in [0, 0.1) is 35.5 Å². The van der Waals surface area contributed by atoms with Gasteiger partial charge in [-0.2, -0.15) is 70.6 Å². The van der Waals surface area contributed by atoms with Gasteiger partial charge in [0.1, 0.15) is 52.9 Å². The predicted octanol–water partition coefficient (Wildman–Crippen LogP) is 20.2. The summed E-state index contributed by atoms with van der Waals surface area (Å²) in [5.41, 5.74) is 0. The molecule has 0 amide bonds. The van der Waals surface area contributed by atoms with Crippen molar-refractivity contribution >= 4 is 118 Å². The van der Waals surface area contributed by atoms with Gasteiger partial charge in [-0.15, -0.1) is 0 Å². The molecule has 0 aliphatic heterocycles. The molecule has 10 atom stereocenters. The van der Waals surface area contributed by atoms with Crippen molar-refractivity contribution in [3.05, 3.63) is 0 Å². The van der Waals surface area contributed by atoms with Gasteiger partial charge in [0.2, 0.25) is 0 Å². The van der Waals surface area contributed by atoms with Gasteiger partial charge < -0.3 is 102 Å². The van der Waals surface area contributed by atoms with E-state index in [0.717, 1.165) is 73.0 Å². The zero-order valence-electron chi connectivity index (χ0n) is 93.0. The maximum absolute atomic E-state index is 13.6. The van der Waals surface area contributed by atoms with Crippen molar-refractivity contribution in [2.45, 2.75) is 378 Å². The molecule has 0 aliphatic rings. The monoisotopic (exact) mass is 2180 g/mol. The van der Waals surface area contributed by atoms with E-state index in [0.29, 0.717) is 100.0 Å². The van der Waals surface area contributed by atoms with Crippen molar-refractivity contribution in [2.24, 2.45) is 35.5 Å². The number of esters is 8. The van der Waals surface area contributed by atoms with Gasteiger partial charge >= 0.3 is 47.8 Å². The second kappa shape index (κ2) is 106. The minimum Gasteiger partial charge on any atom is -0.463 e. The normalized spacial score (nSPS) is 13.9. The molecule has 0 aliphatic carbocycles. The Morgan fingerprint density at radius 2 is 0.393 bits per heavy atom. The van der Waals surface area contributed by atoms with Crippen LogP contribution in [0.4, 0.5) is 0 Å². The first kappa shape index (κ1) is 142. The lowest BCUT2D eigenvalue weighted by atomic mass is 10.1. The van der Waals surface area contributed by atoms with Gasteiger partial charge in [0.25, 0.3) is 0 Å². The Labute approximate surface area is 906 Å². The van der Waals surface area contributed by atoms with E-state index in [-0.39, 0.29) is 215 Å². The average Bonchev–Trinajstić information content (AvgIpc) is 0.921. The molecule has 145 heavy (non-hydrogen) atoms. The van der Waals surface area contributed by atoms with E-state index in [1.807, 2.05) is 51.3 Å². The number of hydrogen-bond acceptors (Lipinski definition) is 35. The van der Waals surface area contributed by atoms with Crippen LogP contribution < -0.4 is 5.32 Å². The number of aliphatic hydroxyl groups excluding tert-OH is 4. The van der Waals surface area contributed by atoms with Crippen molar-refractivity contribution in [3.63, 3.8) is 0 Å². The van der Waals surface area contributed by atoms with E-state index in [4.69, 9.17) is 56.8 Å². The Hall–Kier alpha value is -2.66. The number of unbranched alkanes of at least 4 members (excludes halogenated alkanes) is 30. The molecule has 0 aromatic carbocycles. The second-order valence-corrected chi connectivity index (χ2v) is 45.9. The summed E-state index contributed by atoms with van der Waals surface area (Å²) in [7, 11) is 0. The topological polar surface area (TPSA) is 353 Å². The van der Waals surface area contributed by atoms with Gasteiger partial charge in [0, 0.05) is 152 Å². The maximum atomic E-state index is 13.6. The molecule has 0 fully saturated rings. The van der Waals surface area contributed by atoms with Crippen LogP contribution in [-0.2, 0) is 95.2 Å². The fourth-order valence-electron chi connectivity index (χ4n) is 15.3. The van der Waals surface area contributed by atoms with Crippen LogP contribution >= 0.6 is 70.6 Å². The highest BCUT2D eigenvalue weighted by Gasteiger charge is 2.25. The number of thioether (sulfide) groups is 6. The minimum absolute atomic E-state index is 0.0225. The van der Waals surface area contributed by atoms with E-state index in [2.05, 4.69) is 56.7 Å². The number of ether oxygens (including phenoxy) is 12. The molecule has 0 saturated carbocycles. The highest BCUT2D eigenvalue weighted by Crippen LogP contribution is 2.23. The zero-order valence-corrected chi connectivity index (χ0v) is 97.9. The van der Waals surface area contributed by atoms with Crippen molar-refractivity contribution < 1.29 is 116 Å². The molecular weight excluding hydrogens is 1970 g/mol. The van der Waals surface area contributed by atoms with Crippen molar-refractivity contribution in [1.82, 2.24) is 24.9 Å². The maximum Gasteiger partial charge on any atom is 0.309 e. The SMILES string of the molecule is CCCCCCCCSCC(C)C(=O)OCCOC(=O)CCN(CCC(O)OCCOC(=O)C(C)CSCCCCCCCC)CCN(CCNCCN(CCC(O)OCCOC(=O)C(C)CSCCCCCCCC)CCN(CCC(=O)OCCOC(=O)C(C)CSCCCCCCCC)CCC(O)OCCOC(=O)C(C)CSCCCCCCCC)CCC(O)OCCOC(=O)C(C)CSCCCCCCCC. The van der Waals surface area contributed by atoms with E-state index in [1.54, 1.807) is 70.6 Å². The third-order valence-corrected chi connectivity index (χ3v) is 32.8. The van der Waals surface area contributed by atoms with Gasteiger partial charge in [0.05, 0.1) is 74.8 Å². The van der Waals surface area contributed by atoms with Gasteiger partial charge in [-0.1, -0.05) is 276 Å². The first-order chi connectivity index (χ1) is 70.3. The summed E-state index contributed by atoms with van der Waals surface area (Å²) in [5.74, 6) is 5.01. The first-order valence-electron chi connectivity index (χ1n) is 56.9. The minimum atomic E-state index is -1.24. The van der Waals surface area contributed by atoms with Crippen LogP contribution in [-0.4, -0.2) is 353 Å². The molecule has 0 spiro atoms. The number of nitrogens with one attached hydrogen (secondary N) is 1. The summed E-state index contributed by atoms with van der Waals surface area (Å²) in [4.78, 5) is 114. The molecule has 0 rings (SSSR count). The molecule has 0 saturated heterocycles. The van der Waals surface area contributed by atoms with E-state index >= 15 is 0 Å². The van der Waals surface area contributed by atoms with Crippen molar-refractivity contribution in [3.8, 4) is 0 Å². The summed E-state index contributed by atoms with van der Waals surface area (Å²) < 4.78 is 68.1. The Morgan fingerprint density at radius 1 is 0.221 bits per heavy atom. The van der Waals surface area contributed by atoms with Gasteiger partial charge in [0.15, 0.2) is 25.2 Å². The zero-order chi connectivity index (χ0) is 107. The van der Waals surface area contributed by atoms with Crippen LogP contribution in [0.15, 0.2) is 0 Å². The third-order valence-electron chi connectivity index (χ3n) is 24.9. The van der Waals surface area contributed by atoms with Crippen LogP contribution in [0.1, 0.15) is 353 Å². The molecule has 0 radical (unpaired) electrons. The molecule has 35 heteroatoms. The lowest BCUT2D eigenvalue weighted by Gasteiger charge is -2.30. The Balaban J connectivity index is 7.17. The van der Waals surface area contributed by atoms with E-state index < -0.39 is 37.1 Å². The predicted molar refractivity (Wildman–Crippen MR) is 601 cm³/mol. The Morgan fingerprint density at radius 3 is 0.593 bits per heavy atom. The lowest BCUT2D eigenvalue weighted by molar-refractivity contribution is -0.155. The molecule has 5 N–H and O–H groups in total. The molecule has 0 heterocycles. The van der Waals surface area contributed by atoms with Gasteiger partial charge in [-0.3, -0.25) is 38.4 Å². The Kier molecular flexibility index (Phi) is 104. The number of nitrogens with zero attached hydrogens (tertiary/aromatic N) is 4. The summed E-state index contributed by atoms with van der Waals surface area (Å²) >= 11 is 10.5. The van der Waals surface area contributed by atoms with Crippen LogP contribution in [0.2, 0.25) is 0 Å². The summed E-state index contributed by atoms with van der Waals surface area (Å²) in [6.45, 7) is 28.9. The van der Waals surface area contributed by atoms with Crippen LogP contribution in [0.5, 0.6) is 0 Å². The summed E-state index contributed by atoms with van der Waals surface area (Å²) in [6.07, 6.45) is 39.0. The molecule has 0 aromatic heterocycles. The molecular formula is C110H211N5O24S6. The third kappa shape index (κ3) is 93.5. The fourth-order valence-corrected chi connectivity index (χ4v) is 21.7. The average molecular weight is 2180 g/mol. The fraction of sp³-hybridized carbons (Fsp3) is 0.927. The number of aliphatic hydroxyl groups is 4. The number of carbonyl (C=O) groups excluding carboxylic acids is 8. The van der Waals surface area contributed by atoms with Gasteiger partial charge in [-0.05, 0) is 73.0 Å². The highest BCUT2D eigenvalue weighted by molar-refractivity contribution is 8.00. The van der Waals surface area contributed by atoms with Crippen molar-refractivity contribution in [1.29, 1.82) is 0 Å². The van der Waals surface area contributed by atoms with E-state index in [1.165, 1.54) is 193 Å². The number of carbonyl (C=O) groups is 8. The molecule has 0 bridgehead atoms. The highest BCUT2D eigenvalue weighted by atomic mass is 32.2. The summed E-state index contributed by atoms with van der Waals surface area (Å²) in [5, 5.41) is 49.0. The first-order valence-corrected chi connectivity index (χ1v) is 63.8. The van der Waals surface area contributed by atoms with E-state index in [9.17, 15) is 58.8 Å². The Bertz CT molecular complexity index is 2800. The molecule has 29 nitrogen and oxygen atoms in total. The van der Waals surface area contributed by atoms with Crippen LogP contribution in [0.3, 0.4) is 0 Å². The van der Waals surface area contributed by atoms with Crippen LogP contribution in [0.25, 0.3) is 0 Å². The summed E-state index contributed by atoms with van der Waals surface area (Å²) in [6, 6.07) is 0. The second-order valence-electron chi connectivity index (χ2n) is 39.0. The lowest BCUT2D eigenvalue weighted by Crippen LogP contribution is -2.43.